The Bertz CT molecular complexity index is 340. The van der Waals surface area contributed by atoms with Gasteiger partial charge in [-0.1, -0.05) is 0 Å². The van der Waals surface area contributed by atoms with Crippen molar-refractivity contribution in [2.24, 2.45) is 0 Å². The molecule has 0 radical (unpaired) electrons. The molecule has 0 amide bonds. The van der Waals surface area contributed by atoms with Crippen LogP contribution >= 0.6 is 0 Å². The van der Waals surface area contributed by atoms with Crippen molar-refractivity contribution in [1.82, 2.24) is 9.78 Å². The number of halogens is 1. The summed E-state index contributed by atoms with van der Waals surface area (Å²) < 4.78 is 14.1. The van der Waals surface area contributed by atoms with Gasteiger partial charge in [-0.3, -0.25) is 14.8 Å². The fraction of sp³-hybridized carbons (Fsp3) is 0.571. The fourth-order valence-corrected chi connectivity index (χ4v) is 0.810. The molecule has 13 heavy (non-hydrogen) atoms. The summed E-state index contributed by atoms with van der Waals surface area (Å²) in [7, 11) is 0. The number of nitrogens with zero attached hydrogens (tertiary/aromatic N) is 3. The van der Waals surface area contributed by atoms with Crippen LogP contribution in [0.1, 0.15) is 20.8 Å². The third-order valence-electron chi connectivity index (χ3n) is 1.54. The van der Waals surface area contributed by atoms with Crippen LogP contribution in [0.5, 0.6) is 0 Å². The molecule has 0 unspecified atom stereocenters. The van der Waals surface area contributed by atoms with Gasteiger partial charge in [0, 0.05) is 0 Å². The highest BCUT2D eigenvalue weighted by molar-refractivity contribution is 5.23. The maximum Gasteiger partial charge on any atom is 0.343 e. The lowest BCUT2D eigenvalue weighted by molar-refractivity contribution is -0.387. The molecule has 1 aromatic rings. The summed E-state index contributed by atoms with van der Waals surface area (Å²) in [5.41, 5.74) is -1.04. The van der Waals surface area contributed by atoms with Crippen molar-refractivity contribution in [3.8, 4) is 0 Å². The van der Waals surface area contributed by atoms with Crippen LogP contribution in [0, 0.1) is 16.1 Å². The van der Waals surface area contributed by atoms with Gasteiger partial charge in [0.15, 0.2) is 0 Å². The molecule has 6 heteroatoms. The van der Waals surface area contributed by atoms with Gasteiger partial charge in [-0.15, -0.1) is 5.10 Å². The summed E-state index contributed by atoms with van der Waals surface area (Å²) >= 11 is 0. The van der Waals surface area contributed by atoms with Gasteiger partial charge in [0.2, 0.25) is 0 Å². The zero-order valence-electron chi connectivity index (χ0n) is 7.61. The Hall–Kier alpha value is -1.46. The predicted octanol–water partition coefficient (Wildman–Crippen LogP) is 1.69. The molecule has 1 heterocycles. The fourth-order valence-electron chi connectivity index (χ4n) is 0.810. The second-order valence-electron chi connectivity index (χ2n) is 3.68. The van der Waals surface area contributed by atoms with Crippen LogP contribution in [0.2, 0.25) is 0 Å². The van der Waals surface area contributed by atoms with Crippen molar-refractivity contribution in [3.63, 3.8) is 0 Å². The molecule has 1 rings (SSSR count). The van der Waals surface area contributed by atoms with E-state index in [1.165, 1.54) is 4.68 Å². The Kier molecular flexibility index (Phi) is 2.07. The molecule has 0 aliphatic carbocycles. The largest absolute Gasteiger partial charge is 0.343 e. The van der Waals surface area contributed by atoms with Gasteiger partial charge in [-0.05, 0) is 20.8 Å². The minimum absolute atomic E-state index is 0.449. The predicted molar refractivity (Wildman–Crippen MR) is 43.8 cm³/mol. The number of hydrogen-bond donors (Lipinski definition) is 0. The van der Waals surface area contributed by atoms with Crippen LogP contribution in [0.25, 0.3) is 0 Å². The van der Waals surface area contributed by atoms with E-state index in [1.807, 2.05) is 0 Å². The van der Waals surface area contributed by atoms with Crippen LogP contribution < -0.4 is 0 Å². The smallest absolute Gasteiger partial charge is 0.258 e. The molecule has 0 saturated carbocycles. The van der Waals surface area contributed by atoms with Crippen LogP contribution in [-0.2, 0) is 5.54 Å². The van der Waals surface area contributed by atoms with E-state index in [1.54, 1.807) is 20.8 Å². The van der Waals surface area contributed by atoms with Crippen molar-refractivity contribution in [2.75, 3.05) is 0 Å². The Morgan fingerprint density at radius 1 is 1.62 bits per heavy atom. The Balaban J connectivity index is 3.17. The first-order valence-electron chi connectivity index (χ1n) is 3.72. The molecule has 0 spiro atoms. The number of rotatable bonds is 1. The molecule has 0 bridgehead atoms. The van der Waals surface area contributed by atoms with Crippen molar-refractivity contribution in [1.29, 1.82) is 0 Å². The summed E-state index contributed by atoms with van der Waals surface area (Å²) in [6.07, 6.45) is 1.09. The van der Waals surface area contributed by atoms with Crippen molar-refractivity contribution >= 4 is 5.69 Å². The van der Waals surface area contributed by atoms with Gasteiger partial charge in [0.1, 0.15) is 6.20 Å². The molecular weight excluding hydrogens is 177 g/mol. The van der Waals surface area contributed by atoms with E-state index in [-0.39, 0.29) is 0 Å². The van der Waals surface area contributed by atoms with Crippen molar-refractivity contribution in [2.45, 2.75) is 26.3 Å². The lowest BCUT2D eigenvalue weighted by Crippen LogP contribution is -2.22. The highest BCUT2D eigenvalue weighted by atomic mass is 19.1. The SMILES string of the molecule is CC(C)(C)n1cc([N+](=O)[O-])c(F)n1. The molecule has 0 fully saturated rings. The second kappa shape index (κ2) is 2.79. The van der Waals surface area contributed by atoms with Crippen LogP contribution in [0.15, 0.2) is 6.20 Å². The van der Waals surface area contributed by atoms with Gasteiger partial charge in [0.25, 0.3) is 0 Å². The molecule has 72 valence electrons. The van der Waals surface area contributed by atoms with Gasteiger partial charge >= 0.3 is 11.6 Å². The highest BCUT2D eigenvalue weighted by Gasteiger charge is 2.24. The van der Waals surface area contributed by atoms with Crippen LogP contribution in [0.3, 0.4) is 0 Å². The van der Waals surface area contributed by atoms with Gasteiger partial charge in [-0.25, -0.2) is 0 Å². The summed E-state index contributed by atoms with van der Waals surface area (Å²) in [5, 5.41) is 13.7. The average molecular weight is 187 g/mol. The standard InChI is InChI=1S/C7H10FN3O2/c1-7(2,3)10-4-5(11(12)13)6(8)9-10/h4H,1-3H3. The van der Waals surface area contributed by atoms with Crippen molar-refractivity contribution < 1.29 is 9.31 Å². The summed E-state index contributed by atoms with van der Waals surface area (Å²) in [6, 6.07) is 0. The summed E-state index contributed by atoms with van der Waals surface area (Å²) in [4.78, 5) is 9.49. The van der Waals surface area contributed by atoms with E-state index in [0.717, 1.165) is 6.20 Å². The first-order chi connectivity index (χ1) is 5.82. The molecule has 0 aliphatic rings. The van der Waals surface area contributed by atoms with Gasteiger partial charge < -0.3 is 0 Å². The van der Waals surface area contributed by atoms with E-state index in [0.29, 0.717) is 0 Å². The van der Waals surface area contributed by atoms with E-state index in [4.69, 9.17) is 0 Å². The Labute approximate surface area is 74.3 Å². The van der Waals surface area contributed by atoms with E-state index in [9.17, 15) is 14.5 Å². The minimum Gasteiger partial charge on any atom is -0.258 e. The van der Waals surface area contributed by atoms with E-state index in [2.05, 4.69) is 5.10 Å². The topological polar surface area (TPSA) is 61.0 Å². The zero-order chi connectivity index (χ0) is 10.2. The highest BCUT2D eigenvalue weighted by Crippen LogP contribution is 2.20. The number of nitro groups is 1. The van der Waals surface area contributed by atoms with E-state index < -0.39 is 22.1 Å². The van der Waals surface area contributed by atoms with Crippen LogP contribution in [-0.4, -0.2) is 14.7 Å². The van der Waals surface area contributed by atoms with Gasteiger partial charge in [-0.2, -0.15) is 4.39 Å². The Morgan fingerprint density at radius 2 is 2.15 bits per heavy atom. The molecule has 0 aliphatic heterocycles. The lowest BCUT2D eigenvalue weighted by Gasteiger charge is -2.17. The zero-order valence-corrected chi connectivity index (χ0v) is 7.61. The lowest BCUT2D eigenvalue weighted by atomic mass is 10.1. The average Bonchev–Trinajstić information content (AvgIpc) is 2.29. The maximum absolute atomic E-state index is 12.8. The van der Waals surface area contributed by atoms with E-state index >= 15 is 0 Å². The molecule has 0 aromatic carbocycles. The third kappa shape index (κ3) is 1.82. The molecule has 0 saturated heterocycles. The first kappa shape index (κ1) is 9.63. The monoisotopic (exact) mass is 187 g/mol. The molecule has 1 aromatic heterocycles. The molecular formula is C7H10FN3O2. The molecule has 5 nitrogen and oxygen atoms in total. The number of aromatic nitrogens is 2. The summed E-state index contributed by atoms with van der Waals surface area (Å²) in [5.74, 6) is -1.04. The van der Waals surface area contributed by atoms with Crippen molar-refractivity contribution in [3.05, 3.63) is 22.3 Å². The van der Waals surface area contributed by atoms with Crippen LogP contribution in [0.4, 0.5) is 10.1 Å². The third-order valence-corrected chi connectivity index (χ3v) is 1.54. The number of hydrogen-bond acceptors (Lipinski definition) is 3. The normalized spacial score (nSPS) is 11.7. The summed E-state index contributed by atoms with van der Waals surface area (Å²) in [6.45, 7) is 5.34. The maximum atomic E-state index is 12.8. The van der Waals surface area contributed by atoms with Gasteiger partial charge in [0.05, 0.1) is 10.5 Å². The minimum atomic E-state index is -1.04. The second-order valence-corrected chi connectivity index (χ2v) is 3.68. The Morgan fingerprint density at radius 3 is 2.38 bits per heavy atom. The first-order valence-corrected chi connectivity index (χ1v) is 3.72. The quantitative estimate of drug-likeness (QED) is 0.496. The molecule has 0 atom stereocenters. The molecule has 0 N–H and O–H groups in total.